The zero-order valence-electron chi connectivity index (χ0n) is 12.7. The number of rotatable bonds is 3. The highest BCUT2D eigenvalue weighted by Crippen LogP contribution is 2.44. The molecule has 2 aliphatic rings. The first-order valence-electron chi connectivity index (χ1n) is 7.22. The van der Waals surface area contributed by atoms with Crippen LogP contribution in [0.5, 0.6) is 0 Å². The minimum atomic E-state index is -0.741. The number of nitrogens with zero attached hydrogens (tertiary/aromatic N) is 3. The second-order valence-electron chi connectivity index (χ2n) is 6.24. The van der Waals surface area contributed by atoms with E-state index in [9.17, 15) is 5.11 Å². The Morgan fingerprint density at radius 3 is 2.61 bits per heavy atom. The van der Waals surface area contributed by atoms with E-state index >= 15 is 0 Å². The van der Waals surface area contributed by atoms with Crippen LogP contribution in [0.4, 0.5) is 11.5 Å². The molecule has 0 spiro atoms. The Hall–Kier alpha value is -0.900. The third-order valence-corrected chi connectivity index (χ3v) is 4.70. The number of aliphatic hydroxyl groups is 1. The summed E-state index contributed by atoms with van der Waals surface area (Å²) in [5.41, 5.74) is 6.06. The van der Waals surface area contributed by atoms with Crippen LogP contribution < -0.4 is 16.6 Å². The number of aliphatic hydroxyl groups excluding tert-OH is 1. The summed E-state index contributed by atoms with van der Waals surface area (Å²) < 4.78 is 11.8. The van der Waals surface area contributed by atoms with Gasteiger partial charge in [-0.15, -0.1) is 0 Å². The summed E-state index contributed by atoms with van der Waals surface area (Å²) in [4.78, 5) is 7.85. The van der Waals surface area contributed by atoms with Gasteiger partial charge in [-0.1, -0.05) is 11.6 Å². The lowest BCUT2D eigenvalue weighted by Gasteiger charge is -2.30. The van der Waals surface area contributed by atoms with Crippen LogP contribution in [-0.2, 0) is 9.47 Å². The van der Waals surface area contributed by atoms with Crippen molar-refractivity contribution >= 4 is 34.7 Å². The number of nitrogen functional groups attached to an aromatic ring is 1. The molecule has 0 aromatic carbocycles. The normalized spacial score (nSPS) is 32.1. The van der Waals surface area contributed by atoms with Crippen LogP contribution in [-0.4, -0.2) is 45.7 Å². The third-order valence-electron chi connectivity index (χ3n) is 4.24. The molecular weight excluding hydrogens is 345 g/mol. The van der Waals surface area contributed by atoms with Gasteiger partial charge in [0, 0.05) is 12.5 Å². The lowest BCUT2D eigenvalue weighted by molar-refractivity contribution is -0.159. The molecule has 1 saturated carbocycles. The first-order valence-corrected chi connectivity index (χ1v) is 7.98. The van der Waals surface area contributed by atoms with Gasteiger partial charge in [-0.05, 0) is 31.9 Å². The van der Waals surface area contributed by atoms with Crippen molar-refractivity contribution in [3.63, 3.8) is 0 Å². The van der Waals surface area contributed by atoms with E-state index in [1.807, 2.05) is 13.8 Å². The number of ether oxygens (including phenoxy) is 2. The van der Waals surface area contributed by atoms with Crippen LogP contribution in [0.25, 0.3) is 0 Å². The molecule has 0 amide bonds. The molecule has 23 heavy (non-hydrogen) atoms. The zero-order chi connectivity index (χ0) is 16.9. The van der Waals surface area contributed by atoms with E-state index in [2.05, 4.69) is 9.97 Å². The summed E-state index contributed by atoms with van der Waals surface area (Å²) in [5, 5.41) is 11.0. The third kappa shape index (κ3) is 2.95. The molecule has 5 N–H and O–H groups in total. The smallest absolute Gasteiger partial charge is 0.225 e. The summed E-state index contributed by atoms with van der Waals surface area (Å²) in [5.74, 6) is 5.62. The van der Waals surface area contributed by atoms with Crippen molar-refractivity contribution in [2.75, 3.05) is 17.3 Å². The molecule has 3 rings (SSSR count). The maximum absolute atomic E-state index is 9.61. The molecule has 0 radical (unpaired) electrons. The van der Waals surface area contributed by atoms with Gasteiger partial charge in [0.2, 0.25) is 5.28 Å². The maximum atomic E-state index is 9.61. The van der Waals surface area contributed by atoms with Gasteiger partial charge < -0.3 is 20.3 Å². The Kier molecular flexibility index (Phi) is 4.33. The summed E-state index contributed by atoms with van der Waals surface area (Å²) in [6.45, 7) is 3.63. The van der Waals surface area contributed by atoms with Crippen LogP contribution in [0.2, 0.25) is 10.4 Å². The van der Waals surface area contributed by atoms with Gasteiger partial charge in [-0.3, -0.25) is 5.01 Å². The van der Waals surface area contributed by atoms with Gasteiger partial charge in [0.1, 0.15) is 11.8 Å². The summed E-state index contributed by atoms with van der Waals surface area (Å²) in [6.07, 6.45) is -0.00370. The second-order valence-corrected chi connectivity index (χ2v) is 6.93. The van der Waals surface area contributed by atoms with Gasteiger partial charge in [-0.25, -0.2) is 10.8 Å². The molecule has 128 valence electrons. The summed E-state index contributed by atoms with van der Waals surface area (Å²) >= 11 is 11.8. The van der Waals surface area contributed by atoms with E-state index in [0.29, 0.717) is 6.42 Å². The van der Waals surface area contributed by atoms with E-state index in [1.165, 1.54) is 5.01 Å². The Bertz CT molecular complexity index is 618. The monoisotopic (exact) mass is 363 g/mol. The second kappa shape index (κ2) is 5.87. The van der Waals surface area contributed by atoms with Crippen LogP contribution >= 0.6 is 23.2 Å². The van der Waals surface area contributed by atoms with Crippen LogP contribution in [0, 0.1) is 5.92 Å². The fourth-order valence-corrected chi connectivity index (χ4v) is 3.64. The Labute approximate surface area is 143 Å². The minimum absolute atomic E-state index is 0.0221. The molecule has 1 aliphatic carbocycles. The number of hydrogen-bond donors (Lipinski definition) is 3. The molecule has 1 aliphatic heterocycles. The molecule has 10 heteroatoms. The highest BCUT2D eigenvalue weighted by Gasteiger charge is 2.55. The van der Waals surface area contributed by atoms with Crippen molar-refractivity contribution in [2.45, 2.75) is 44.3 Å². The first-order chi connectivity index (χ1) is 10.7. The van der Waals surface area contributed by atoms with Crippen LogP contribution in [0.1, 0.15) is 20.3 Å². The van der Waals surface area contributed by atoms with Gasteiger partial charge >= 0.3 is 0 Å². The molecule has 2 heterocycles. The number of anilines is 2. The van der Waals surface area contributed by atoms with Crippen LogP contribution in [0.3, 0.4) is 0 Å². The molecule has 0 unspecified atom stereocenters. The molecule has 1 saturated heterocycles. The molecule has 8 nitrogen and oxygen atoms in total. The van der Waals surface area contributed by atoms with Crippen molar-refractivity contribution in [3.8, 4) is 0 Å². The average Bonchev–Trinajstić information content (AvgIpc) is 2.94. The Morgan fingerprint density at radius 1 is 1.30 bits per heavy atom. The predicted molar refractivity (Wildman–Crippen MR) is 85.9 cm³/mol. The summed E-state index contributed by atoms with van der Waals surface area (Å²) in [6, 6.07) is -0.289. The number of nitrogens with two attached hydrogens (primary N) is 2. The van der Waals surface area contributed by atoms with E-state index in [1.54, 1.807) is 0 Å². The molecule has 4 atom stereocenters. The van der Waals surface area contributed by atoms with E-state index < -0.39 is 5.79 Å². The van der Waals surface area contributed by atoms with E-state index in [0.717, 1.165) is 0 Å². The van der Waals surface area contributed by atoms with Gasteiger partial charge in [-0.2, -0.15) is 4.98 Å². The number of aromatic nitrogens is 2. The zero-order valence-corrected chi connectivity index (χ0v) is 14.3. The fourth-order valence-electron chi connectivity index (χ4n) is 3.27. The minimum Gasteiger partial charge on any atom is -0.396 e. The number of fused-ring (bicyclic) bond motifs is 1. The van der Waals surface area contributed by atoms with Crippen molar-refractivity contribution in [1.29, 1.82) is 0 Å². The molecule has 0 bridgehead atoms. The average molecular weight is 364 g/mol. The quantitative estimate of drug-likeness (QED) is 0.314. The lowest BCUT2D eigenvalue weighted by Crippen LogP contribution is -2.48. The van der Waals surface area contributed by atoms with E-state index in [4.69, 9.17) is 44.3 Å². The molecule has 1 aromatic rings. The van der Waals surface area contributed by atoms with Gasteiger partial charge in [0.15, 0.2) is 16.8 Å². The van der Waals surface area contributed by atoms with Crippen LogP contribution in [0.15, 0.2) is 0 Å². The van der Waals surface area contributed by atoms with Crippen molar-refractivity contribution in [3.05, 3.63) is 10.4 Å². The summed E-state index contributed by atoms with van der Waals surface area (Å²) in [7, 11) is 0. The number of hydrazine groups is 1. The highest BCUT2D eigenvalue weighted by molar-refractivity contribution is 6.34. The SMILES string of the molecule is CC1(C)O[C@@H]2[C@@H](CO)C[C@@H](N(N)c3nc(Cl)nc(Cl)c3N)[C@@H]2O1. The topological polar surface area (TPSA) is 120 Å². The number of halogens is 2. The molecular formula is C13H19Cl2N5O3. The fraction of sp³-hybridized carbons (Fsp3) is 0.692. The lowest BCUT2D eigenvalue weighted by atomic mass is 10.1. The highest BCUT2D eigenvalue weighted by atomic mass is 35.5. The largest absolute Gasteiger partial charge is 0.396 e. The molecule has 2 fully saturated rings. The Morgan fingerprint density at radius 2 is 1.96 bits per heavy atom. The van der Waals surface area contributed by atoms with Crippen molar-refractivity contribution < 1.29 is 14.6 Å². The Balaban J connectivity index is 1.92. The first kappa shape index (κ1) is 16.9. The van der Waals surface area contributed by atoms with Gasteiger partial charge in [0.25, 0.3) is 0 Å². The predicted octanol–water partition coefficient (Wildman–Crippen LogP) is 0.947. The maximum Gasteiger partial charge on any atom is 0.225 e. The van der Waals surface area contributed by atoms with Gasteiger partial charge in [0.05, 0.1) is 12.1 Å². The standard InChI is InChI=1S/C13H19Cl2N5O3/c1-13(2)22-8-5(4-21)3-6(9(8)23-13)20(17)11-7(16)10(14)18-12(15)19-11/h5-6,8-9,21H,3-4,16-17H2,1-2H3/t5-,6-,8-,9+/m1/s1. The van der Waals surface area contributed by atoms with Crippen molar-refractivity contribution in [2.24, 2.45) is 11.8 Å². The molecule has 1 aromatic heterocycles. The number of hydrogen-bond acceptors (Lipinski definition) is 8. The van der Waals surface area contributed by atoms with Crippen molar-refractivity contribution in [1.82, 2.24) is 9.97 Å². The van der Waals surface area contributed by atoms with E-state index in [-0.39, 0.29) is 52.7 Å².